The molecule has 0 bridgehead atoms. The Balaban J connectivity index is 1.56. The Morgan fingerprint density at radius 2 is 1.91 bits per heavy atom. The molecule has 5 rings (SSSR count). The van der Waals surface area contributed by atoms with Crippen molar-refractivity contribution in [2.24, 2.45) is 0 Å². The van der Waals surface area contributed by atoms with Gasteiger partial charge in [-0.3, -0.25) is 4.72 Å². The number of methoxy groups -OCH3 is 1. The highest BCUT2D eigenvalue weighted by atomic mass is 32.2. The third kappa shape index (κ3) is 3.95. The highest BCUT2D eigenvalue weighted by Crippen LogP contribution is 2.34. The molecule has 9 nitrogen and oxygen atoms in total. The van der Waals surface area contributed by atoms with E-state index in [4.69, 9.17) is 9.26 Å². The van der Waals surface area contributed by atoms with Crippen LogP contribution in [0.15, 0.2) is 70.7 Å². The van der Waals surface area contributed by atoms with Crippen molar-refractivity contribution in [3.63, 3.8) is 0 Å². The molecule has 13 heteroatoms. The van der Waals surface area contributed by atoms with Crippen molar-refractivity contribution in [2.45, 2.75) is 4.90 Å². The van der Waals surface area contributed by atoms with Crippen molar-refractivity contribution < 1.29 is 30.8 Å². The molecular formula is C22H14F3N5O4S. The summed E-state index contributed by atoms with van der Waals surface area (Å²) < 4.78 is 83.0. The molecule has 0 saturated heterocycles. The maximum Gasteiger partial charge on any atom is 0.267 e. The van der Waals surface area contributed by atoms with Crippen molar-refractivity contribution in [1.29, 1.82) is 0 Å². The van der Waals surface area contributed by atoms with E-state index in [1.165, 1.54) is 29.2 Å². The number of ether oxygens (including phenoxy) is 1. The molecule has 1 N–H and O–H groups in total. The van der Waals surface area contributed by atoms with Gasteiger partial charge in [-0.05, 0) is 18.2 Å². The molecule has 0 saturated carbocycles. The van der Waals surface area contributed by atoms with Gasteiger partial charge in [0.15, 0.2) is 16.5 Å². The fourth-order valence-electron chi connectivity index (χ4n) is 3.53. The minimum Gasteiger partial charge on any atom is -0.480 e. The number of halogens is 3. The van der Waals surface area contributed by atoms with Gasteiger partial charge in [-0.2, -0.15) is 0 Å². The number of sulfonamides is 1. The Labute approximate surface area is 195 Å². The number of benzene rings is 1. The van der Waals surface area contributed by atoms with E-state index in [9.17, 15) is 17.2 Å². The Morgan fingerprint density at radius 3 is 2.66 bits per heavy atom. The second-order valence-electron chi connectivity index (χ2n) is 7.23. The summed E-state index contributed by atoms with van der Waals surface area (Å²) in [4.78, 5) is 7.16. The van der Waals surface area contributed by atoms with E-state index < -0.39 is 49.5 Å². The van der Waals surface area contributed by atoms with Gasteiger partial charge in [0.2, 0.25) is 5.88 Å². The molecule has 0 unspecified atom stereocenters. The maximum absolute atomic E-state index is 15.4. The fraction of sp³-hybridized carbons (Fsp3) is 0.0455. The minimum atomic E-state index is -4.54. The number of hydrogen-bond donors (Lipinski definition) is 1. The fourth-order valence-corrected chi connectivity index (χ4v) is 4.72. The number of imidazole rings is 1. The molecule has 178 valence electrons. The normalized spacial score (nSPS) is 11.7. The van der Waals surface area contributed by atoms with Crippen LogP contribution in [0, 0.1) is 17.5 Å². The molecule has 1 aromatic carbocycles. The summed E-state index contributed by atoms with van der Waals surface area (Å²) in [6.45, 7) is 0. The van der Waals surface area contributed by atoms with Crippen LogP contribution in [0.1, 0.15) is 0 Å². The maximum atomic E-state index is 15.4. The predicted octanol–water partition coefficient (Wildman–Crippen LogP) is 4.28. The first-order valence-electron chi connectivity index (χ1n) is 9.87. The van der Waals surface area contributed by atoms with Crippen LogP contribution in [0.25, 0.3) is 28.1 Å². The molecule has 35 heavy (non-hydrogen) atoms. The SMILES string of the molecule is COc1ncc(F)cc1S(=O)(=O)Nc1ccc(F)c(-c2ccc3c(-c4ccno4)ncn3c2)c1F. The summed E-state index contributed by atoms with van der Waals surface area (Å²) in [6.07, 6.45) is 5.10. The molecule has 0 amide bonds. The molecule has 0 fully saturated rings. The highest BCUT2D eigenvalue weighted by Gasteiger charge is 2.25. The van der Waals surface area contributed by atoms with Crippen LogP contribution in [-0.4, -0.2) is 35.1 Å². The third-order valence-corrected chi connectivity index (χ3v) is 6.45. The van der Waals surface area contributed by atoms with Crippen LogP contribution in [-0.2, 0) is 10.0 Å². The Morgan fingerprint density at radius 1 is 1.09 bits per heavy atom. The first-order chi connectivity index (χ1) is 16.8. The van der Waals surface area contributed by atoms with Crippen LogP contribution >= 0.6 is 0 Å². The van der Waals surface area contributed by atoms with Crippen LogP contribution in [0.3, 0.4) is 0 Å². The van der Waals surface area contributed by atoms with Gasteiger partial charge in [0, 0.05) is 23.9 Å². The van der Waals surface area contributed by atoms with Gasteiger partial charge in [-0.1, -0.05) is 11.2 Å². The molecule has 4 heterocycles. The lowest BCUT2D eigenvalue weighted by atomic mass is 10.0. The van der Waals surface area contributed by atoms with Crippen molar-refractivity contribution in [3.05, 3.63) is 78.8 Å². The van der Waals surface area contributed by atoms with Crippen LogP contribution in [0.2, 0.25) is 0 Å². The summed E-state index contributed by atoms with van der Waals surface area (Å²) in [7, 11) is -3.39. The zero-order valence-corrected chi connectivity index (χ0v) is 18.6. The second kappa shape index (κ2) is 8.43. The minimum absolute atomic E-state index is 0.111. The van der Waals surface area contributed by atoms with Gasteiger partial charge < -0.3 is 13.7 Å². The van der Waals surface area contributed by atoms with E-state index in [-0.39, 0.29) is 5.56 Å². The standard InChI is InChI=1S/C22H14F3N5O4S/c1-33-22-18(8-13(23)9-26-22)35(31,32)29-15-4-3-14(24)19(20(15)25)12-2-5-16-21(17-6-7-28-34-17)27-11-30(16)10-12/h2-11,29H,1H3. The van der Waals surface area contributed by atoms with E-state index in [0.29, 0.717) is 23.0 Å². The van der Waals surface area contributed by atoms with E-state index >= 15 is 4.39 Å². The van der Waals surface area contributed by atoms with Gasteiger partial charge >= 0.3 is 0 Å². The van der Waals surface area contributed by atoms with Crippen molar-refractivity contribution in [1.82, 2.24) is 19.5 Å². The average molecular weight is 501 g/mol. The first-order valence-corrected chi connectivity index (χ1v) is 11.4. The zero-order chi connectivity index (χ0) is 24.7. The van der Waals surface area contributed by atoms with Gasteiger partial charge in [-0.25, -0.2) is 31.6 Å². The Hall–Kier alpha value is -4.39. The summed E-state index contributed by atoms with van der Waals surface area (Å²) in [5, 5.41) is 3.64. The molecule has 0 spiro atoms. The highest BCUT2D eigenvalue weighted by molar-refractivity contribution is 7.92. The lowest BCUT2D eigenvalue weighted by molar-refractivity contribution is 0.382. The lowest BCUT2D eigenvalue weighted by Gasteiger charge is -2.14. The van der Waals surface area contributed by atoms with Gasteiger partial charge in [0.1, 0.15) is 23.7 Å². The van der Waals surface area contributed by atoms with Gasteiger partial charge in [0.25, 0.3) is 10.0 Å². The monoisotopic (exact) mass is 501 g/mol. The first kappa shape index (κ1) is 22.4. The molecule has 0 atom stereocenters. The number of fused-ring (bicyclic) bond motifs is 1. The number of hydrogen-bond acceptors (Lipinski definition) is 7. The molecule has 4 aromatic heterocycles. The molecule has 0 aliphatic rings. The van der Waals surface area contributed by atoms with Gasteiger partial charge in [-0.15, -0.1) is 0 Å². The van der Waals surface area contributed by atoms with Gasteiger partial charge in [0.05, 0.1) is 36.3 Å². The van der Waals surface area contributed by atoms with E-state index in [0.717, 1.165) is 25.4 Å². The predicted molar refractivity (Wildman–Crippen MR) is 118 cm³/mol. The smallest absolute Gasteiger partial charge is 0.267 e. The van der Waals surface area contributed by atoms with Crippen LogP contribution < -0.4 is 9.46 Å². The van der Waals surface area contributed by atoms with Crippen molar-refractivity contribution in [3.8, 4) is 28.5 Å². The molecule has 0 aliphatic heterocycles. The van der Waals surface area contributed by atoms with Crippen molar-refractivity contribution >= 4 is 21.2 Å². The summed E-state index contributed by atoms with van der Waals surface area (Å²) in [5.41, 5.74) is 0.148. The summed E-state index contributed by atoms with van der Waals surface area (Å²) in [5.74, 6) is -3.02. The molecule has 0 aliphatic carbocycles. The molecule has 0 radical (unpaired) electrons. The quantitative estimate of drug-likeness (QED) is 0.370. The Bertz CT molecular complexity index is 1670. The Kier molecular flexibility index (Phi) is 5.40. The zero-order valence-electron chi connectivity index (χ0n) is 17.7. The second-order valence-corrected chi connectivity index (χ2v) is 8.88. The topological polar surface area (TPSA) is 112 Å². The van der Waals surface area contributed by atoms with E-state index in [2.05, 4.69) is 15.1 Å². The third-order valence-electron chi connectivity index (χ3n) is 5.09. The average Bonchev–Trinajstić information content (AvgIpc) is 3.50. The lowest BCUT2D eigenvalue weighted by Crippen LogP contribution is -2.16. The number of nitrogens with one attached hydrogen (secondary N) is 1. The molecular weight excluding hydrogens is 487 g/mol. The van der Waals surface area contributed by atoms with Crippen LogP contribution in [0.5, 0.6) is 5.88 Å². The summed E-state index contributed by atoms with van der Waals surface area (Å²) in [6, 6.07) is 7.16. The number of rotatable bonds is 6. The number of nitrogens with zero attached hydrogens (tertiary/aromatic N) is 4. The number of anilines is 1. The number of aromatic nitrogens is 4. The van der Waals surface area contributed by atoms with E-state index in [1.54, 1.807) is 12.1 Å². The van der Waals surface area contributed by atoms with Crippen LogP contribution in [0.4, 0.5) is 18.9 Å². The van der Waals surface area contributed by atoms with E-state index in [1.807, 2.05) is 4.72 Å². The molecule has 5 aromatic rings. The van der Waals surface area contributed by atoms with Crippen molar-refractivity contribution in [2.75, 3.05) is 11.8 Å². The number of pyridine rings is 2. The largest absolute Gasteiger partial charge is 0.480 e. The summed E-state index contributed by atoms with van der Waals surface area (Å²) >= 11 is 0.